The van der Waals surface area contributed by atoms with E-state index in [1.807, 2.05) is 0 Å². The van der Waals surface area contributed by atoms with Crippen LogP contribution < -0.4 is 16.4 Å². The van der Waals surface area contributed by atoms with E-state index in [0.717, 1.165) is 0 Å². The van der Waals surface area contributed by atoms with Gasteiger partial charge in [-0.05, 0) is 0 Å². The van der Waals surface area contributed by atoms with Crippen LogP contribution in [0.5, 0.6) is 0 Å². The van der Waals surface area contributed by atoms with Crippen LogP contribution in [0.15, 0.2) is 0 Å². The van der Waals surface area contributed by atoms with Gasteiger partial charge in [-0.1, -0.05) is 0 Å². The average Bonchev–Trinajstić information content (AvgIpc) is 2.75. The number of rotatable bonds is 8. The molecule has 0 aliphatic carbocycles. The summed E-state index contributed by atoms with van der Waals surface area (Å²) in [6.07, 6.45) is -11.0. The van der Waals surface area contributed by atoms with Crippen LogP contribution in [0.1, 0.15) is 6.92 Å². The van der Waals surface area contributed by atoms with Gasteiger partial charge in [0.2, 0.25) is 11.8 Å². The van der Waals surface area contributed by atoms with Gasteiger partial charge in [0.15, 0.2) is 12.6 Å². The van der Waals surface area contributed by atoms with Crippen LogP contribution in [0.3, 0.4) is 0 Å². The summed E-state index contributed by atoms with van der Waals surface area (Å²) in [7, 11) is 1.29. The van der Waals surface area contributed by atoms with E-state index in [1.54, 1.807) is 0 Å². The fourth-order valence-electron chi connectivity index (χ4n) is 3.59. The molecule has 2 aliphatic heterocycles. The Hall–Kier alpha value is -1.46. The van der Waals surface area contributed by atoms with Gasteiger partial charge in [-0.25, -0.2) is 0 Å². The van der Waals surface area contributed by atoms with Crippen LogP contribution in [0.4, 0.5) is 0 Å². The minimum Gasteiger partial charge on any atom is -0.394 e. The fraction of sp³-hybridized carbons (Fsp3) is 0.882. The number of nitrogens with two attached hydrogens (primary N) is 1. The van der Waals surface area contributed by atoms with Crippen molar-refractivity contribution >= 4 is 11.8 Å². The second kappa shape index (κ2) is 11.4. The highest BCUT2D eigenvalue weighted by molar-refractivity contribution is 5.78. The summed E-state index contributed by atoms with van der Waals surface area (Å²) >= 11 is 0. The summed E-state index contributed by atoms with van der Waals surface area (Å²) in [6, 6.07) is -2.39. The SMILES string of the molecule is CO[C@H]1O[C@H](CO)[C@@H](O[C@@H]2O[C@H](CO)[C@H](O)[C@@H](NC(=O)CN)[C@H]2O)[C@H](O)[C@@H]1NC(C)=O. The van der Waals surface area contributed by atoms with E-state index in [9.17, 15) is 35.1 Å². The van der Waals surface area contributed by atoms with E-state index in [0.29, 0.717) is 0 Å². The number of amides is 2. The average molecular weight is 453 g/mol. The Morgan fingerprint density at radius 2 is 1.55 bits per heavy atom. The summed E-state index contributed by atoms with van der Waals surface area (Å²) in [6.45, 7) is -0.475. The van der Waals surface area contributed by atoms with E-state index in [2.05, 4.69) is 10.6 Å². The van der Waals surface area contributed by atoms with Crippen molar-refractivity contribution in [3.8, 4) is 0 Å². The molecule has 14 heteroatoms. The monoisotopic (exact) mass is 453 g/mol. The van der Waals surface area contributed by atoms with Crippen LogP contribution >= 0.6 is 0 Å². The molecule has 0 radical (unpaired) electrons. The van der Waals surface area contributed by atoms with E-state index >= 15 is 0 Å². The molecule has 2 saturated heterocycles. The number of hydrogen-bond donors (Lipinski definition) is 8. The van der Waals surface area contributed by atoms with Crippen molar-refractivity contribution in [3.63, 3.8) is 0 Å². The van der Waals surface area contributed by atoms with Crippen LogP contribution in [-0.4, -0.2) is 126 Å². The van der Waals surface area contributed by atoms with Crippen molar-refractivity contribution in [1.82, 2.24) is 10.6 Å². The first kappa shape index (κ1) is 25.8. The molecule has 2 aliphatic rings. The van der Waals surface area contributed by atoms with Gasteiger partial charge >= 0.3 is 0 Å². The molecule has 2 rings (SSSR count). The van der Waals surface area contributed by atoms with Crippen molar-refractivity contribution in [1.29, 1.82) is 0 Å². The smallest absolute Gasteiger partial charge is 0.234 e. The van der Waals surface area contributed by atoms with Crippen molar-refractivity contribution in [3.05, 3.63) is 0 Å². The van der Waals surface area contributed by atoms with Crippen molar-refractivity contribution in [2.45, 2.75) is 68.2 Å². The molecule has 0 aromatic rings. The first-order valence-corrected chi connectivity index (χ1v) is 9.70. The molecule has 2 heterocycles. The number of hydrogen-bond acceptors (Lipinski definition) is 12. The molecule has 0 bridgehead atoms. The lowest BCUT2D eigenvalue weighted by molar-refractivity contribution is -0.336. The van der Waals surface area contributed by atoms with Gasteiger partial charge in [0.1, 0.15) is 42.7 Å². The standard InChI is InChI=1S/C17H31N3O11/c1-6(23)19-11-13(26)15(8(5-22)30-16(11)28-2)31-17-14(27)10(20-9(24)3-18)12(25)7(4-21)29-17/h7-8,10-17,21-22,25-27H,3-5,18H2,1-2H3,(H,19,23)(H,20,24)/t7-,8-,10-,11+,12+,13-,14-,15-,16+,17+/m1/s1. The first-order valence-electron chi connectivity index (χ1n) is 9.70. The normalized spacial score (nSPS) is 40.9. The lowest BCUT2D eigenvalue weighted by Crippen LogP contribution is -2.69. The molecule has 0 aromatic heterocycles. The number of carbonyl (C=O) groups is 2. The molecule has 0 aromatic carbocycles. The van der Waals surface area contributed by atoms with Gasteiger partial charge < -0.3 is 60.8 Å². The predicted octanol–water partition coefficient (Wildman–Crippen LogP) is -5.52. The highest BCUT2D eigenvalue weighted by Crippen LogP contribution is 2.29. The Balaban J connectivity index is 2.25. The molecule has 2 fully saturated rings. The molecule has 0 spiro atoms. The number of aliphatic hydroxyl groups is 5. The summed E-state index contributed by atoms with van der Waals surface area (Å²) in [4.78, 5) is 23.2. The molecule has 10 atom stereocenters. The quantitative estimate of drug-likeness (QED) is 0.172. The molecule has 0 saturated carbocycles. The van der Waals surface area contributed by atoms with Crippen molar-refractivity contribution < 1.29 is 54.1 Å². The number of ether oxygens (including phenoxy) is 4. The molecule has 0 unspecified atom stereocenters. The molecular weight excluding hydrogens is 422 g/mol. The molecule has 2 amide bonds. The van der Waals surface area contributed by atoms with E-state index in [-0.39, 0.29) is 0 Å². The van der Waals surface area contributed by atoms with Crippen LogP contribution in [0.2, 0.25) is 0 Å². The van der Waals surface area contributed by atoms with Gasteiger partial charge in [-0.3, -0.25) is 9.59 Å². The highest BCUT2D eigenvalue weighted by Gasteiger charge is 2.51. The summed E-state index contributed by atoms with van der Waals surface area (Å²) in [5, 5.41) is 55.7. The molecule has 14 nitrogen and oxygen atoms in total. The zero-order valence-corrected chi connectivity index (χ0v) is 17.2. The Bertz CT molecular complexity index is 612. The number of methoxy groups -OCH3 is 1. The second-order valence-electron chi connectivity index (χ2n) is 7.28. The minimum atomic E-state index is -1.64. The van der Waals surface area contributed by atoms with Gasteiger partial charge in [0.25, 0.3) is 0 Å². The summed E-state index contributed by atoms with van der Waals surface area (Å²) < 4.78 is 21.7. The van der Waals surface area contributed by atoms with Crippen LogP contribution in [0, 0.1) is 0 Å². The van der Waals surface area contributed by atoms with Crippen molar-refractivity contribution in [2.24, 2.45) is 5.73 Å². The summed E-state index contributed by atoms with van der Waals surface area (Å²) in [5.41, 5.74) is 5.26. The van der Waals surface area contributed by atoms with Crippen LogP contribution in [-0.2, 0) is 28.5 Å². The third kappa shape index (κ3) is 5.87. The van der Waals surface area contributed by atoms with Crippen LogP contribution in [0.25, 0.3) is 0 Å². The Kier molecular flexibility index (Phi) is 9.50. The first-order chi connectivity index (χ1) is 14.7. The maximum atomic E-state index is 11.7. The second-order valence-corrected chi connectivity index (χ2v) is 7.28. The highest BCUT2D eigenvalue weighted by atomic mass is 16.7. The largest absolute Gasteiger partial charge is 0.394 e. The van der Waals surface area contributed by atoms with E-state index in [4.69, 9.17) is 24.7 Å². The lowest BCUT2D eigenvalue weighted by Gasteiger charge is -2.47. The van der Waals surface area contributed by atoms with E-state index < -0.39 is 92.9 Å². The number of aliphatic hydroxyl groups excluding tert-OH is 5. The Morgan fingerprint density at radius 3 is 2.06 bits per heavy atom. The Labute approximate surface area is 178 Å². The van der Waals surface area contributed by atoms with Crippen molar-refractivity contribution in [2.75, 3.05) is 26.9 Å². The topological polar surface area (TPSA) is 222 Å². The minimum absolute atomic E-state index is 0.412. The summed E-state index contributed by atoms with van der Waals surface area (Å²) in [5.74, 6) is -1.17. The third-order valence-electron chi connectivity index (χ3n) is 5.14. The van der Waals surface area contributed by atoms with Gasteiger partial charge in [-0.15, -0.1) is 0 Å². The maximum absolute atomic E-state index is 11.7. The number of carbonyl (C=O) groups excluding carboxylic acids is 2. The van der Waals surface area contributed by atoms with Gasteiger partial charge in [0.05, 0.1) is 25.8 Å². The molecule has 180 valence electrons. The molecular formula is C17H31N3O11. The molecule has 9 N–H and O–H groups in total. The third-order valence-corrected chi connectivity index (χ3v) is 5.14. The van der Waals surface area contributed by atoms with E-state index in [1.165, 1.54) is 14.0 Å². The molecule has 31 heavy (non-hydrogen) atoms. The zero-order valence-electron chi connectivity index (χ0n) is 17.2. The van der Waals surface area contributed by atoms with Gasteiger partial charge in [0, 0.05) is 14.0 Å². The lowest BCUT2D eigenvalue weighted by atomic mass is 9.94. The van der Waals surface area contributed by atoms with Gasteiger partial charge in [-0.2, -0.15) is 0 Å². The maximum Gasteiger partial charge on any atom is 0.234 e. The Morgan fingerprint density at radius 1 is 0.935 bits per heavy atom. The zero-order chi connectivity index (χ0) is 23.3. The predicted molar refractivity (Wildman–Crippen MR) is 100.0 cm³/mol. The number of nitrogens with one attached hydrogen (secondary N) is 2. The fourth-order valence-corrected chi connectivity index (χ4v) is 3.59.